The van der Waals surface area contributed by atoms with Crippen LogP contribution in [0.5, 0.6) is 0 Å². The molecule has 1 N–H and O–H groups in total. The van der Waals surface area contributed by atoms with E-state index >= 15 is 0 Å². The number of hydrogen-bond acceptors (Lipinski definition) is 5. The van der Waals surface area contributed by atoms with E-state index in [4.69, 9.17) is 0 Å². The number of tetrazole rings is 1. The summed E-state index contributed by atoms with van der Waals surface area (Å²) in [4.78, 5) is 0. The molecule has 0 bridgehead atoms. The van der Waals surface area contributed by atoms with Gasteiger partial charge in [-0.05, 0) is 35.5 Å². The molecule has 102 valence electrons. The monoisotopic (exact) mass is 276 g/mol. The SMILES string of the molecule is CC(Nc1ccc2nnnn2n1)c1ccc(F)cc1F. The molecular weight excluding hydrogens is 266 g/mol. The van der Waals surface area contributed by atoms with Crippen LogP contribution < -0.4 is 5.32 Å². The summed E-state index contributed by atoms with van der Waals surface area (Å²) in [7, 11) is 0. The largest absolute Gasteiger partial charge is 0.362 e. The second kappa shape index (κ2) is 4.80. The molecular formula is C12H10F2N6. The molecule has 1 aromatic carbocycles. The van der Waals surface area contributed by atoms with Crippen LogP contribution in [0.3, 0.4) is 0 Å². The topological polar surface area (TPSA) is 68.0 Å². The van der Waals surface area contributed by atoms with Crippen molar-refractivity contribution in [3.63, 3.8) is 0 Å². The van der Waals surface area contributed by atoms with Gasteiger partial charge in [-0.25, -0.2) is 8.78 Å². The highest BCUT2D eigenvalue weighted by molar-refractivity contribution is 5.43. The Morgan fingerprint density at radius 2 is 2.05 bits per heavy atom. The molecule has 2 heterocycles. The molecule has 0 saturated carbocycles. The fourth-order valence-corrected chi connectivity index (χ4v) is 1.88. The van der Waals surface area contributed by atoms with E-state index < -0.39 is 11.6 Å². The minimum Gasteiger partial charge on any atom is -0.362 e. The van der Waals surface area contributed by atoms with Crippen molar-refractivity contribution < 1.29 is 8.78 Å². The van der Waals surface area contributed by atoms with Crippen LogP contribution in [0.15, 0.2) is 30.3 Å². The van der Waals surface area contributed by atoms with Crippen LogP contribution in [-0.2, 0) is 0 Å². The summed E-state index contributed by atoms with van der Waals surface area (Å²) in [5.74, 6) is -0.721. The summed E-state index contributed by atoms with van der Waals surface area (Å²) in [5.41, 5.74) is 0.862. The number of aromatic nitrogens is 5. The number of hydrogen-bond donors (Lipinski definition) is 1. The van der Waals surface area contributed by atoms with Gasteiger partial charge < -0.3 is 5.32 Å². The lowest BCUT2D eigenvalue weighted by Crippen LogP contribution is -2.11. The molecule has 20 heavy (non-hydrogen) atoms. The molecule has 1 atom stereocenters. The maximum Gasteiger partial charge on any atom is 0.200 e. The second-order valence-electron chi connectivity index (χ2n) is 4.28. The second-order valence-corrected chi connectivity index (χ2v) is 4.28. The first-order chi connectivity index (χ1) is 9.63. The summed E-state index contributed by atoms with van der Waals surface area (Å²) >= 11 is 0. The van der Waals surface area contributed by atoms with Crippen molar-refractivity contribution in [3.05, 3.63) is 47.5 Å². The average molecular weight is 276 g/mol. The van der Waals surface area contributed by atoms with Gasteiger partial charge in [0.1, 0.15) is 17.5 Å². The van der Waals surface area contributed by atoms with E-state index in [0.29, 0.717) is 17.0 Å². The van der Waals surface area contributed by atoms with E-state index in [1.165, 1.54) is 16.8 Å². The van der Waals surface area contributed by atoms with Gasteiger partial charge in [0.15, 0.2) is 5.65 Å². The van der Waals surface area contributed by atoms with E-state index in [-0.39, 0.29) is 6.04 Å². The molecule has 0 radical (unpaired) electrons. The van der Waals surface area contributed by atoms with Gasteiger partial charge in [0.05, 0.1) is 6.04 Å². The van der Waals surface area contributed by atoms with Crippen LogP contribution in [-0.4, -0.2) is 25.3 Å². The summed E-state index contributed by atoms with van der Waals surface area (Å²) in [5, 5.41) is 18.0. The van der Waals surface area contributed by atoms with Crippen molar-refractivity contribution in [2.75, 3.05) is 5.32 Å². The zero-order valence-corrected chi connectivity index (χ0v) is 10.5. The molecule has 1 unspecified atom stereocenters. The van der Waals surface area contributed by atoms with Gasteiger partial charge in [-0.15, -0.1) is 14.8 Å². The van der Waals surface area contributed by atoms with Gasteiger partial charge in [0.2, 0.25) is 0 Å². The standard InChI is InChI=1S/C12H10F2N6/c1-7(9-3-2-8(13)6-10(9)14)15-11-4-5-12-16-18-19-20(12)17-11/h2-7H,1H3,(H,15,17). The number of benzene rings is 1. The minimum atomic E-state index is -0.605. The fraction of sp³-hybridized carbons (Fsp3) is 0.167. The maximum absolute atomic E-state index is 13.7. The first-order valence-corrected chi connectivity index (χ1v) is 5.90. The van der Waals surface area contributed by atoms with Gasteiger partial charge in [-0.3, -0.25) is 0 Å². The summed E-state index contributed by atoms with van der Waals surface area (Å²) < 4.78 is 27.8. The predicted octanol–water partition coefficient (Wildman–Crippen LogP) is 1.97. The Labute approximate surface area is 112 Å². The van der Waals surface area contributed by atoms with E-state index in [1.807, 2.05) is 0 Å². The highest BCUT2D eigenvalue weighted by atomic mass is 19.1. The Balaban J connectivity index is 1.85. The van der Waals surface area contributed by atoms with Crippen LogP contribution in [0.2, 0.25) is 0 Å². The summed E-state index contributed by atoms with van der Waals surface area (Å²) in [6, 6.07) is 6.46. The Hall–Kier alpha value is -2.64. The first-order valence-electron chi connectivity index (χ1n) is 5.90. The molecule has 6 nitrogen and oxygen atoms in total. The van der Waals surface area contributed by atoms with Crippen LogP contribution in [0.4, 0.5) is 14.6 Å². The van der Waals surface area contributed by atoms with Crippen molar-refractivity contribution >= 4 is 11.5 Å². The Bertz CT molecular complexity index is 757. The number of nitrogens with one attached hydrogen (secondary N) is 1. The van der Waals surface area contributed by atoms with Crippen LogP contribution >= 0.6 is 0 Å². The zero-order valence-electron chi connectivity index (χ0n) is 10.5. The molecule has 3 rings (SSSR count). The van der Waals surface area contributed by atoms with Gasteiger partial charge in [0, 0.05) is 11.6 Å². The molecule has 0 aliphatic rings. The van der Waals surface area contributed by atoms with E-state index in [9.17, 15) is 8.78 Å². The van der Waals surface area contributed by atoms with Crippen molar-refractivity contribution in [2.45, 2.75) is 13.0 Å². The van der Waals surface area contributed by atoms with Gasteiger partial charge in [-0.2, -0.15) is 0 Å². The highest BCUT2D eigenvalue weighted by Crippen LogP contribution is 2.21. The number of anilines is 1. The third-order valence-corrected chi connectivity index (χ3v) is 2.86. The molecule has 0 spiro atoms. The lowest BCUT2D eigenvalue weighted by molar-refractivity contribution is 0.566. The van der Waals surface area contributed by atoms with Gasteiger partial charge in [0.25, 0.3) is 0 Å². The molecule has 3 aromatic rings. The number of halogens is 2. The fourth-order valence-electron chi connectivity index (χ4n) is 1.88. The van der Waals surface area contributed by atoms with E-state index in [0.717, 1.165) is 6.07 Å². The molecule has 2 aromatic heterocycles. The van der Waals surface area contributed by atoms with Crippen LogP contribution in [0.1, 0.15) is 18.5 Å². The number of fused-ring (bicyclic) bond motifs is 1. The quantitative estimate of drug-likeness (QED) is 0.792. The lowest BCUT2D eigenvalue weighted by Gasteiger charge is -2.15. The van der Waals surface area contributed by atoms with Crippen LogP contribution in [0, 0.1) is 11.6 Å². The Morgan fingerprint density at radius 3 is 2.85 bits per heavy atom. The summed E-state index contributed by atoms with van der Waals surface area (Å²) in [6.45, 7) is 1.75. The first kappa shape index (κ1) is 12.4. The molecule has 0 aliphatic carbocycles. The van der Waals surface area contributed by atoms with Gasteiger partial charge >= 0.3 is 0 Å². The Morgan fingerprint density at radius 1 is 1.20 bits per heavy atom. The van der Waals surface area contributed by atoms with Gasteiger partial charge in [-0.1, -0.05) is 6.07 Å². The molecule has 0 aliphatic heterocycles. The Kier molecular flexibility index (Phi) is 2.97. The molecule has 0 fully saturated rings. The predicted molar refractivity (Wildman–Crippen MR) is 67.0 cm³/mol. The maximum atomic E-state index is 13.7. The molecule has 8 heteroatoms. The normalized spacial score (nSPS) is 12.6. The van der Waals surface area contributed by atoms with Crippen molar-refractivity contribution in [2.24, 2.45) is 0 Å². The minimum absolute atomic E-state index is 0.352. The molecule has 0 amide bonds. The van der Waals surface area contributed by atoms with Crippen LogP contribution in [0.25, 0.3) is 5.65 Å². The zero-order chi connectivity index (χ0) is 14.1. The average Bonchev–Trinajstić information content (AvgIpc) is 2.85. The van der Waals surface area contributed by atoms with E-state index in [1.54, 1.807) is 19.1 Å². The number of rotatable bonds is 3. The third kappa shape index (κ3) is 2.27. The smallest absolute Gasteiger partial charge is 0.200 e. The highest BCUT2D eigenvalue weighted by Gasteiger charge is 2.12. The van der Waals surface area contributed by atoms with Crippen molar-refractivity contribution in [3.8, 4) is 0 Å². The lowest BCUT2D eigenvalue weighted by atomic mass is 10.1. The molecule has 0 saturated heterocycles. The summed E-state index contributed by atoms with van der Waals surface area (Å²) in [6.07, 6.45) is 0. The third-order valence-electron chi connectivity index (χ3n) is 2.86. The van der Waals surface area contributed by atoms with E-state index in [2.05, 4.69) is 25.9 Å². The van der Waals surface area contributed by atoms with Crippen molar-refractivity contribution in [1.82, 2.24) is 25.3 Å². The van der Waals surface area contributed by atoms with Crippen molar-refractivity contribution in [1.29, 1.82) is 0 Å². The number of nitrogens with zero attached hydrogens (tertiary/aromatic N) is 5.